The molecule has 0 radical (unpaired) electrons. The number of amides is 2. The average molecular weight is 233 g/mol. The van der Waals surface area contributed by atoms with Gasteiger partial charge < -0.3 is 0 Å². The second kappa shape index (κ2) is 4.52. The molecular weight excluding hydrogens is 214 g/mol. The van der Waals surface area contributed by atoms with E-state index < -0.39 is 6.04 Å². The molecule has 1 spiro atoms. The van der Waals surface area contributed by atoms with Crippen molar-refractivity contribution in [3.63, 3.8) is 0 Å². The molecule has 2 rings (SSSR count). The third-order valence-corrected chi connectivity index (χ3v) is 4.13. The van der Waals surface area contributed by atoms with Crippen LogP contribution in [0.1, 0.15) is 51.9 Å². The highest BCUT2D eigenvalue weighted by Gasteiger charge is 2.44. The van der Waals surface area contributed by atoms with Crippen LogP contribution in [-0.4, -0.2) is 22.8 Å². The Balaban J connectivity index is 2.15. The van der Waals surface area contributed by atoms with Crippen LogP contribution in [0.15, 0.2) is 0 Å². The fourth-order valence-corrected chi connectivity index (χ4v) is 3.18. The topological polar surface area (TPSA) is 37.4 Å². The van der Waals surface area contributed by atoms with Crippen molar-refractivity contribution in [1.82, 2.24) is 4.90 Å². The quantitative estimate of drug-likeness (QED) is 0.514. The van der Waals surface area contributed by atoms with Crippen molar-refractivity contribution in [2.75, 3.05) is 0 Å². The van der Waals surface area contributed by atoms with Crippen LogP contribution in [0.2, 0.25) is 0 Å². The fourth-order valence-electron chi connectivity index (χ4n) is 3.18. The van der Waals surface area contributed by atoms with Gasteiger partial charge in [0.1, 0.15) is 0 Å². The van der Waals surface area contributed by atoms with Crippen LogP contribution in [0.25, 0.3) is 0 Å². The maximum atomic E-state index is 12.1. The van der Waals surface area contributed by atoms with Crippen molar-refractivity contribution in [3.8, 4) is 12.3 Å². The molecule has 2 fully saturated rings. The number of hydrogen-bond donors (Lipinski definition) is 0. The molecule has 17 heavy (non-hydrogen) atoms. The number of piperidine rings is 1. The van der Waals surface area contributed by atoms with E-state index in [4.69, 9.17) is 6.42 Å². The first-order valence-corrected chi connectivity index (χ1v) is 6.39. The molecule has 92 valence electrons. The highest BCUT2D eigenvalue weighted by atomic mass is 16.2. The summed E-state index contributed by atoms with van der Waals surface area (Å²) in [6, 6.07) is -0.407. The molecule has 1 aliphatic heterocycles. The minimum atomic E-state index is -0.407. The van der Waals surface area contributed by atoms with E-state index in [9.17, 15) is 9.59 Å². The van der Waals surface area contributed by atoms with E-state index in [-0.39, 0.29) is 17.2 Å². The predicted octanol–water partition coefficient (Wildman–Crippen LogP) is 2.11. The van der Waals surface area contributed by atoms with Gasteiger partial charge in [0.05, 0.1) is 6.04 Å². The Hall–Kier alpha value is -1.30. The summed E-state index contributed by atoms with van der Waals surface area (Å²) in [6.45, 7) is 1.73. The number of carbonyl (C=O) groups excluding carboxylic acids is 2. The number of hydrogen-bond acceptors (Lipinski definition) is 2. The van der Waals surface area contributed by atoms with Gasteiger partial charge in [-0.05, 0) is 25.2 Å². The maximum absolute atomic E-state index is 12.1. The molecule has 1 saturated carbocycles. The average Bonchev–Trinajstić information content (AvgIpc) is 2.28. The summed E-state index contributed by atoms with van der Waals surface area (Å²) in [6.07, 6.45) is 11.9. The molecule has 0 aromatic rings. The highest BCUT2D eigenvalue weighted by molar-refractivity contribution is 5.99. The van der Waals surface area contributed by atoms with Gasteiger partial charge in [0.15, 0.2) is 0 Å². The molecule has 0 bridgehead atoms. The number of terminal acetylenes is 1. The van der Waals surface area contributed by atoms with Gasteiger partial charge in [-0.3, -0.25) is 14.5 Å². The number of imide groups is 1. The molecule has 3 heteroatoms. The minimum absolute atomic E-state index is 0.0444. The minimum Gasteiger partial charge on any atom is -0.274 e. The summed E-state index contributed by atoms with van der Waals surface area (Å²) in [5.74, 6) is 2.32. The lowest BCUT2D eigenvalue weighted by Gasteiger charge is -2.43. The van der Waals surface area contributed by atoms with Crippen LogP contribution in [0.3, 0.4) is 0 Å². The first kappa shape index (κ1) is 12.2. The Kier molecular flexibility index (Phi) is 3.24. The van der Waals surface area contributed by atoms with Gasteiger partial charge in [0.2, 0.25) is 11.8 Å². The normalized spacial score (nSPS) is 25.8. The van der Waals surface area contributed by atoms with Crippen LogP contribution in [0.4, 0.5) is 0 Å². The van der Waals surface area contributed by atoms with Crippen molar-refractivity contribution in [1.29, 1.82) is 0 Å². The standard InChI is InChI=1S/C14H19NO2/c1-3-11(2)15-12(16)9-14(10-13(15)17)7-5-4-6-8-14/h1,11H,4-10H2,2H3. The van der Waals surface area contributed by atoms with E-state index in [1.165, 1.54) is 11.3 Å². The van der Waals surface area contributed by atoms with Crippen LogP contribution in [0.5, 0.6) is 0 Å². The van der Waals surface area contributed by atoms with E-state index in [1.54, 1.807) is 6.92 Å². The van der Waals surface area contributed by atoms with Crippen LogP contribution in [-0.2, 0) is 9.59 Å². The number of carbonyl (C=O) groups is 2. The second-order valence-electron chi connectivity index (χ2n) is 5.41. The summed E-state index contributed by atoms with van der Waals surface area (Å²) in [7, 11) is 0. The van der Waals surface area contributed by atoms with Crippen molar-refractivity contribution < 1.29 is 9.59 Å². The third kappa shape index (κ3) is 2.22. The molecule has 1 heterocycles. The molecule has 2 aliphatic rings. The molecule has 1 aliphatic carbocycles. The number of nitrogens with zero attached hydrogens (tertiary/aromatic N) is 1. The lowest BCUT2D eigenvalue weighted by Crippen LogP contribution is -2.51. The molecular formula is C14H19NO2. The summed E-state index contributed by atoms with van der Waals surface area (Å²) >= 11 is 0. The van der Waals surface area contributed by atoms with Gasteiger partial charge in [-0.15, -0.1) is 6.42 Å². The van der Waals surface area contributed by atoms with Crippen LogP contribution in [0, 0.1) is 17.8 Å². The van der Waals surface area contributed by atoms with E-state index in [1.807, 2.05) is 0 Å². The Labute approximate surface area is 103 Å². The Morgan fingerprint density at radius 3 is 2.18 bits per heavy atom. The highest BCUT2D eigenvalue weighted by Crippen LogP contribution is 2.45. The van der Waals surface area contributed by atoms with E-state index >= 15 is 0 Å². The maximum Gasteiger partial charge on any atom is 0.230 e. The lowest BCUT2D eigenvalue weighted by atomic mass is 9.67. The Morgan fingerprint density at radius 1 is 1.18 bits per heavy atom. The molecule has 0 aromatic carbocycles. The van der Waals surface area contributed by atoms with Gasteiger partial charge >= 0.3 is 0 Å². The largest absolute Gasteiger partial charge is 0.274 e. The summed E-state index contributed by atoms with van der Waals surface area (Å²) in [5, 5.41) is 0. The summed E-state index contributed by atoms with van der Waals surface area (Å²) in [5.41, 5.74) is -0.0444. The van der Waals surface area contributed by atoms with E-state index in [0.29, 0.717) is 12.8 Å². The summed E-state index contributed by atoms with van der Waals surface area (Å²) < 4.78 is 0. The van der Waals surface area contributed by atoms with Crippen molar-refractivity contribution >= 4 is 11.8 Å². The molecule has 1 atom stereocenters. The molecule has 3 nitrogen and oxygen atoms in total. The smallest absolute Gasteiger partial charge is 0.230 e. The van der Waals surface area contributed by atoms with Gasteiger partial charge in [0.25, 0.3) is 0 Å². The molecule has 1 saturated heterocycles. The molecule has 1 unspecified atom stereocenters. The zero-order valence-corrected chi connectivity index (χ0v) is 10.4. The SMILES string of the molecule is C#CC(C)N1C(=O)CC2(CCCCC2)CC1=O. The Bertz CT molecular complexity index is 354. The molecule has 0 N–H and O–H groups in total. The zero-order chi connectivity index (χ0) is 12.5. The van der Waals surface area contributed by atoms with Gasteiger partial charge in [-0.2, -0.15) is 0 Å². The predicted molar refractivity (Wildman–Crippen MR) is 64.9 cm³/mol. The molecule has 0 aromatic heterocycles. The third-order valence-electron chi connectivity index (χ3n) is 4.13. The van der Waals surface area contributed by atoms with Crippen LogP contribution >= 0.6 is 0 Å². The number of likely N-dealkylation sites (tertiary alicyclic amines) is 1. The molecule has 2 amide bonds. The van der Waals surface area contributed by atoms with Gasteiger partial charge in [0, 0.05) is 12.8 Å². The first-order chi connectivity index (χ1) is 8.08. The van der Waals surface area contributed by atoms with E-state index in [0.717, 1.165) is 25.7 Å². The Morgan fingerprint density at radius 2 is 1.71 bits per heavy atom. The number of rotatable bonds is 1. The lowest BCUT2D eigenvalue weighted by molar-refractivity contribution is -0.155. The van der Waals surface area contributed by atoms with Gasteiger partial charge in [-0.25, -0.2) is 0 Å². The van der Waals surface area contributed by atoms with E-state index in [2.05, 4.69) is 5.92 Å². The zero-order valence-electron chi connectivity index (χ0n) is 10.4. The fraction of sp³-hybridized carbons (Fsp3) is 0.714. The monoisotopic (exact) mass is 233 g/mol. The first-order valence-electron chi connectivity index (χ1n) is 6.39. The summed E-state index contributed by atoms with van der Waals surface area (Å²) in [4.78, 5) is 25.5. The van der Waals surface area contributed by atoms with Gasteiger partial charge in [-0.1, -0.05) is 25.2 Å². The van der Waals surface area contributed by atoms with Crippen molar-refractivity contribution in [2.24, 2.45) is 5.41 Å². The van der Waals surface area contributed by atoms with Crippen LogP contribution < -0.4 is 0 Å². The van der Waals surface area contributed by atoms with Crippen molar-refractivity contribution in [3.05, 3.63) is 0 Å². The van der Waals surface area contributed by atoms with Crippen molar-refractivity contribution in [2.45, 2.75) is 57.9 Å². The second-order valence-corrected chi connectivity index (χ2v) is 5.41.